The van der Waals surface area contributed by atoms with Gasteiger partial charge in [0.1, 0.15) is 43.8 Å². The van der Waals surface area contributed by atoms with Gasteiger partial charge >= 0.3 is 0 Å². The zero-order chi connectivity index (χ0) is 25.4. The third-order valence-corrected chi connectivity index (χ3v) is 4.55. The van der Waals surface area contributed by atoms with Gasteiger partial charge in [0.05, 0.1) is 12.4 Å². The molecule has 2 aromatic rings. The monoisotopic (exact) mass is 487 g/mol. The number of alkyl halides is 3. The smallest absolute Gasteiger partial charge is 0.299 e. The molecule has 1 atom stereocenters. The summed E-state index contributed by atoms with van der Waals surface area (Å²) in [7, 11) is 0. The number of aromatic nitrogens is 2. The molecule has 184 valence electrons. The maximum Gasteiger partial charge on any atom is 0.299 e. The van der Waals surface area contributed by atoms with Crippen molar-refractivity contribution in [1.29, 1.82) is 0 Å². The maximum absolute atomic E-state index is 14.7. The van der Waals surface area contributed by atoms with E-state index in [0.717, 1.165) is 31.5 Å². The van der Waals surface area contributed by atoms with Gasteiger partial charge in [0.15, 0.2) is 5.54 Å². The van der Waals surface area contributed by atoms with E-state index in [2.05, 4.69) is 20.3 Å². The van der Waals surface area contributed by atoms with Crippen molar-refractivity contribution in [3.8, 4) is 5.88 Å². The molecule has 3 rings (SSSR count). The summed E-state index contributed by atoms with van der Waals surface area (Å²) < 4.78 is 65.9. The van der Waals surface area contributed by atoms with Crippen LogP contribution >= 0.6 is 0 Å². The molecule has 4 N–H and O–H groups in total. The lowest BCUT2D eigenvalue weighted by atomic mass is 9.85. The van der Waals surface area contributed by atoms with E-state index >= 15 is 0 Å². The molecule has 0 saturated carbocycles. The molecule has 0 saturated heterocycles. The van der Waals surface area contributed by atoms with Crippen LogP contribution in [-0.2, 0) is 15.1 Å². The number of halogens is 4. The maximum atomic E-state index is 14.7. The lowest BCUT2D eigenvalue weighted by molar-refractivity contribution is -0.122. The van der Waals surface area contributed by atoms with Gasteiger partial charge in [-0.3, -0.25) is 14.6 Å². The topological polar surface area (TPSA) is 149 Å². The molecule has 0 aliphatic carbocycles. The number of hydrogen-bond acceptors (Lipinski definition) is 8. The van der Waals surface area contributed by atoms with E-state index in [4.69, 9.17) is 25.1 Å². The Kier molecular flexibility index (Phi) is 8.83. The third kappa shape index (κ3) is 6.15. The Morgan fingerprint density at radius 1 is 1.35 bits per heavy atom. The van der Waals surface area contributed by atoms with Crippen LogP contribution in [0.25, 0.3) is 0 Å². The molecule has 1 aromatic carbocycles. The molecule has 34 heavy (non-hydrogen) atoms. The summed E-state index contributed by atoms with van der Waals surface area (Å²) in [6.45, 7) is -1.44. The average Bonchev–Trinajstić information content (AvgIpc) is 2.89. The predicted molar refractivity (Wildman–Crippen MR) is 111 cm³/mol. The zero-order valence-electron chi connectivity index (χ0n) is 17.8. The molecule has 1 aliphatic rings. The molecule has 0 bridgehead atoms. The first-order chi connectivity index (χ1) is 16.1. The molecule has 1 aliphatic heterocycles. The quantitative estimate of drug-likeness (QED) is 0.415. The van der Waals surface area contributed by atoms with Crippen LogP contribution in [0.3, 0.4) is 0 Å². The first kappa shape index (κ1) is 26.4. The number of anilines is 1. The van der Waals surface area contributed by atoms with Crippen LogP contribution in [0.4, 0.5) is 23.2 Å². The van der Waals surface area contributed by atoms with Gasteiger partial charge in [-0.1, -0.05) is 0 Å². The number of nitrogens with zero attached hydrogens (tertiary/aromatic N) is 3. The van der Waals surface area contributed by atoms with Crippen LogP contribution in [0.1, 0.15) is 23.0 Å². The number of nitrogens with two attached hydrogens (primary N) is 1. The summed E-state index contributed by atoms with van der Waals surface area (Å²) in [5.74, 6) is -5.43. The first-order valence-electron chi connectivity index (χ1n) is 9.57. The van der Waals surface area contributed by atoms with Gasteiger partial charge < -0.3 is 25.6 Å². The van der Waals surface area contributed by atoms with Crippen LogP contribution in [0.15, 0.2) is 35.6 Å². The number of aliphatic imine (C=N–C) groups is 1. The van der Waals surface area contributed by atoms with Gasteiger partial charge in [-0.15, -0.1) is 0 Å². The second kappa shape index (κ2) is 11.4. The zero-order valence-corrected chi connectivity index (χ0v) is 17.8. The number of hydrogen-bond donors (Lipinski definition) is 3. The number of rotatable bonds is 6. The van der Waals surface area contributed by atoms with Gasteiger partial charge in [-0.2, -0.15) is 0 Å². The van der Waals surface area contributed by atoms with Crippen molar-refractivity contribution in [1.82, 2.24) is 9.97 Å². The summed E-state index contributed by atoms with van der Waals surface area (Å²) in [6.07, 6.45) is 2.22. The molecule has 0 radical (unpaired) electrons. The Hall–Kier alpha value is -3.81. The Bertz CT molecular complexity index is 1040. The Labute approximate surface area is 190 Å². The van der Waals surface area contributed by atoms with Crippen LogP contribution in [0.2, 0.25) is 0 Å². The van der Waals surface area contributed by atoms with Crippen molar-refractivity contribution in [2.75, 3.05) is 31.8 Å². The van der Waals surface area contributed by atoms with Gasteiger partial charge in [-0.05, 0) is 25.1 Å². The molecule has 1 amide bonds. The number of carbonyl (C=O) groups excluding carboxylic acids is 1. The predicted octanol–water partition coefficient (Wildman–Crippen LogP) is 2.15. The number of nitrogens with one attached hydrogen (secondary N) is 1. The van der Waals surface area contributed by atoms with Crippen LogP contribution in [0.5, 0.6) is 5.88 Å². The van der Waals surface area contributed by atoms with Gasteiger partial charge in [-0.25, -0.2) is 27.5 Å². The second-order valence-electron chi connectivity index (χ2n) is 6.90. The van der Waals surface area contributed by atoms with Crippen molar-refractivity contribution in [3.05, 3.63) is 47.7 Å². The summed E-state index contributed by atoms with van der Waals surface area (Å²) in [6, 6.07) is 3.18. The summed E-state index contributed by atoms with van der Waals surface area (Å²) in [4.78, 5) is 32.2. The van der Waals surface area contributed by atoms with E-state index in [1.807, 2.05) is 0 Å². The fraction of sp³-hybridized carbons (Fsp3) is 0.350. The lowest BCUT2D eigenvalue weighted by Crippen LogP contribution is -2.45. The van der Waals surface area contributed by atoms with E-state index in [0.29, 0.717) is 0 Å². The number of ether oxygens (including phenoxy) is 2. The SMILES string of the molecule is CC1(c2cc(NC(=O)c3cnc(OCCF)cn3)ccc2F)N=C(N)COCC1(F)F.O=CO. The number of amidine groups is 1. The minimum atomic E-state index is -3.57. The van der Waals surface area contributed by atoms with Crippen LogP contribution in [0, 0.1) is 5.82 Å². The Balaban J connectivity index is 0.00000129. The lowest BCUT2D eigenvalue weighted by Gasteiger charge is -2.33. The highest BCUT2D eigenvalue weighted by molar-refractivity contribution is 6.02. The average molecular weight is 487 g/mol. The molecule has 0 fully saturated rings. The standard InChI is InChI=1S/C19H19F4N5O3.CH2O2/c1-18(19(22,23)10-30-9-15(24)28-18)12-6-11(2-3-13(12)21)27-17(29)14-7-26-16(8-25-14)31-5-4-20;2-1-3/h2-3,6-8H,4-5,9-10H2,1H3,(H2,24,28)(H,27,29);1H,(H,2,3). The Morgan fingerprint density at radius 2 is 2.06 bits per heavy atom. The van der Waals surface area contributed by atoms with E-state index in [-0.39, 0.29) is 42.8 Å². The molecule has 2 heterocycles. The third-order valence-electron chi connectivity index (χ3n) is 4.55. The van der Waals surface area contributed by atoms with Gasteiger partial charge in [0, 0.05) is 11.3 Å². The summed E-state index contributed by atoms with van der Waals surface area (Å²) >= 11 is 0. The van der Waals surface area contributed by atoms with Crippen LogP contribution < -0.4 is 15.8 Å². The minimum Gasteiger partial charge on any atom is -0.483 e. The molecular formula is C20H21F4N5O5. The van der Waals surface area contributed by atoms with Crippen molar-refractivity contribution in [3.63, 3.8) is 0 Å². The van der Waals surface area contributed by atoms with Gasteiger partial charge in [0.25, 0.3) is 18.3 Å². The number of carbonyl (C=O) groups is 2. The number of benzene rings is 1. The fourth-order valence-electron chi connectivity index (χ4n) is 2.91. The van der Waals surface area contributed by atoms with Crippen LogP contribution in [-0.4, -0.2) is 65.7 Å². The van der Waals surface area contributed by atoms with Crippen molar-refractivity contribution in [2.24, 2.45) is 10.7 Å². The minimum absolute atomic E-state index is 0.0249. The summed E-state index contributed by atoms with van der Waals surface area (Å²) in [5.41, 5.74) is 2.69. The normalized spacial score (nSPS) is 19.0. The van der Waals surface area contributed by atoms with E-state index in [9.17, 15) is 22.4 Å². The highest BCUT2D eigenvalue weighted by atomic mass is 19.3. The Morgan fingerprint density at radius 3 is 2.68 bits per heavy atom. The molecule has 10 nitrogen and oxygen atoms in total. The van der Waals surface area contributed by atoms with E-state index < -0.39 is 42.0 Å². The molecular weight excluding hydrogens is 466 g/mol. The van der Waals surface area contributed by atoms with Crippen molar-refractivity contribution >= 4 is 23.9 Å². The van der Waals surface area contributed by atoms with E-state index in [1.165, 1.54) is 6.07 Å². The molecule has 1 unspecified atom stereocenters. The van der Waals surface area contributed by atoms with Crippen molar-refractivity contribution < 1.29 is 41.7 Å². The summed E-state index contributed by atoms with van der Waals surface area (Å²) in [5, 5.41) is 9.32. The molecule has 1 aromatic heterocycles. The van der Waals surface area contributed by atoms with E-state index in [1.54, 1.807) is 0 Å². The largest absolute Gasteiger partial charge is 0.483 e. The highest BCUT2D eigenvalue weighted by Gasteiger charge is 2.54. The second-order valence-corrected chi connectivity index (χ2v) is 6.90. The van der Waals surface area contributed by atoms with Crippen molar-refractivity contribution in [2.45, 2.75) is 18.4 Å². The first-order valence-corrected chi connectivity index (χ1v) is 9.57. The molecule has 0 spiro atoms. The molecule has 14 heteroatoms. The fourth-order valence-corrected chi connectivity index (χ4v) is 2.91. The number of amides is 1. The number of carboxylic acid groups (broad SMARTS) is 1. The highest BCUT2D eigenvalue weighted by Crippen LogP contribution is 2.44. The van der Waals surface area contributed by atoms with Gasteiger partial charge in [0.2, 0.25) is 5.88 Å².